The Balaban J connectivity index is 2.72. The molecule has 2 N–H and O–H groups in total. The highest BCUT2D eigenvalue weighted by molar-refractivity contribution is 9.11. The average Bonchev–Trinajstić information content (AvgIpc) is 2.08. The maximum Gasteiger partial charge on any atom is 0.305 e. The largest absolute Gasteiger partial charge is 0.481 e. The highest BCUT2D eigenvalue weighted by atomic mass is 79.9. The molecule has 0 aliphatic heterocycles. The summed E-state index contributed by atoms with van der Waals surface area (Å²) in [6.07, 6.45) is 0.0922. The Bertz CT molecular complexity index is 359. The number of anilines is 1. The van der Waals surface area contributed by atoms with Crippen LogP contribution in [0.15, 0.2) is 25.6 Å². The van der Waals surface area contributed by atoms with Crippen LogP contribution in [-0.2, 0) is 4.79 Å². The molecule has 1 aromatic rings. The second-order valence-electron chi connectivity index (χ2n) is 2.81. The van der Waals surface area contributed by atoms with Gasteiger partial charge in [-0.2, -0.15) is 0 Å². The van der Waals surface area contributed by atoms with E-state index in [0.29, 0.717) is 6.54 Å². The van der Waals surface area contributed by atoms with E-state index in [2.05, 4.69) is 53.1 Å². The number of nitrogens with one attached hydrogen (secondary N) is 1. The molecule has 0 amide bonds. The Morgan fingerprint density at radius 3 is 2.27 bits per heavy atom. The molecular weight excluding hydrogens is 394 g/mol. The molecule has 0 heterocycles. The minimum atomic E-state index is -0.813. The molecule has 82 valence electrons. The molecule has 0 aliphatic carbocycles. The van der Waals surface area contributed by atoms with Crippen molar-refractivity contribution < 1.29 is 9.90 Å². The molecule has 0 unspecified atom stereocenters. The maximum absolute atomic E-state index is 10.3. The first kappa shape index (κ1) is 13.0. The summed E-state index contributed by atoms with van der Waals surface area (Å²) in [6, 6.07) is 3.79. The van der Waals surface area contributed by atoms with Gasteiger partial charge in [-0.3, -0.25) is 4.79 Å². The summed E-state index contributed by atoms with van der Waals surface area (Å²) in [7, 11) is 0. The van der Waals surface area contributed by atoms with Gasteiger partial charge in [0.05, 0.1) is 12.1 Å². The van der Waals surface area contributed by atoms with Gasteiger partial charge in [0.1, 0.15) is 0 Å². The molecule has 0 radical (unpaired) electrons. The van der Waals surface area contributed by atoms with Gasteiger partial charge < -0.3 is 10.4 Å². The predicted molar refractivity (Wildman–Crippen MR) is 70.3 cm³/mol. The van der Waals surface area contributed by atoms with Gasteiger partial charge in [0.25, 0.3) is 0 Å². The normalized spacial score (nSPS) is 10.1. The van der Waals surface area contributed by atoms with Gasteiger partial charge in [0.15, 0.2) is 0 Å². The molecule has 15 heavy (non-hydrogen) atoms. The number of halogens is 3. The summed E-state index contributed by atoms with van der Waals surface area (Å²) in [6.45, 7) is 0.397. The van der Waals surface area contributed by atoms with Gasteiger partial charge in [-0.05, 0) is 44.0 Å². The molecule has 0 fully saturated rings. The van der Waals surface area contributed by atoms with E-state index in [1.807, 2.05) is 12.1 Å². The first-order chi connectivity index (χ1) is 7.00. The van der Waals surface area contributed by atoms with Crippen LogP contribution in [0.2, 0.25) is 0 Å². The Kier molecular flexibility index (Phi) is 5.08. The molecule has 0 saturated carbocycles. The predicted octanol–water partition coefficient (Wildman–Crippen LogP) is 3.86. The van der Waals surface area contributed by atoms with Gasteiger partial charge >= 0.3 is 5.97 Å². The average molecular weight is 402 g/mol. The summed E-state index contributed by atoms with van der Waals surface area (Å²) in [4.78, 5) is 10.3. The molecule has 0 aliphatic rings. The minimum absolute atomic E-state index is 0.0922. The monoisotopic (exact) mass is 399 g/mol. The third-order valence-corrected chi connectivity index (χ3v) is 3.36. The van der Waals surface area contributed by atoms with Crippen molar-refractivity contribution in [3.63, 3.8) is 0 Å². The second-order valence-corrected chi connectivity index (χ2v) is 5.44. The first-order valence-corrected chi connectivity index (χ1v) is 6.49. The van der Waals surface area contributed by atoms with Crippen molar-refractivity contribution in [1.29, 1.82) is 0 Å². The lowest BCUT2D eigenvalue weighted by atomic mass is 10.3. The van der Waals surface area contributed by atoms with Crippen molar-refractivity contribution in [2.75, 3.05) is 11.9 Å². The van der Waals surface area contributed by atoms with Crippen LogP contribution in [0.5, 0.6) is 0 Å². The van der Waals surface area contributed by atoms with Gasteiger partial charge in [0.2, 0.25) is 0 Å². The number of hydrogen-bond donors (Lipinski definition) is 2. The van der Waals surface area contributed by atoms with Crippen LogP contribution in [0, 0.1) is 0 Å². The Morgan fingerprint density at radius 1 is 1.27 bits per heavy atom. The zero-order valence-electron chi connectivity index (χ0n) is 7.56. The molecular formula is C9H8Br3NO2. The fourth-order valence-corrected chi connectivity index (χ4v) is 3.54. The maximum atomic E-state index is 10.3. The zero-order valence-corrected chi connectivity index (χ0v) is 12.3. The van der Waals surface area contributed by atoms with E-state index in [0.717, 1.165) is 19.1 Å². The standard InChI is InChI=1S/C9H8Br3NO2/c10-5-3-6(11)9(7(12)4-5)13-2-1-8(14)15/h3-4,13H,1-2H2,(H,14,15). The number of rotatable bonds is 4. The van der Waals surface area contributed by atoms with Gasteiger partial charge in [-0.25, -0.2) is 0 Å². The van der Waals surface area contributed by atoms with Crippen molar-refractivity contribution in [1.82, 2.24) is 0 Å². The second kappa shape index (κ2) is 5.86. The van der Waals surface area contributed by atoms with Gasteiger partial charge in [-0.15, -0.1) is 0 Å². The van der Waals surface area contributed by atoms with E-state index in [9.17, 15) is 4.79 Å². The highest BCUT2D eigenvalue weighted by Gasteiger charge is 2.06. The van der Waals surface area contributed by atoms with Crippen LogP contribution in [0.3, 0.4) is 0 Å². The minimum Gasteiger partial charge on any atom is -0.481 e. The van der Waals surface area contributed by atoms with E-state index in [-0.39, 0.29) is 6.42 Å². The number of aliphatic carboxylic acids is 1. The molecule has 1 aromatic carbocycles. The highest BCUT2D eigenvalue weighted by Crippen LogP contribution is 2.34. The van der Waals surface area contributed by atoms with Crippen molar-refractivity contribution >= 4 is 59.4 Å². The molecule has 1 rings (SSSR count). The van der Waals surface area contributed by atoms with E-state index >= 15 is 0 Å². The number of carbonyl (C=O) groups is 1. The summed E-state index contributed by atoms with van der Waals surface area (Å²) in [5.74, 6) is -0.813. The first-order valence-electron chi connectivity index (χ1n) is 4.11. The Morgan fingerprint density at radius 2 is 1.80 bits per heavy atom. The van der Waals surface area contributed by atoms with Crippen LogP contribution in [0.1, 0.15) is 6.42 Å². The van der Waals surface area contributed by atoms with Crippen molar-refractivity contribution in [2.24, 2.45) is 0 Å². The van der Waals surface area contributed by atoms with E-state index in [1.165, 1.54) is 0 Å². The molecule has 3 nitrogen and oxygen atoms in total. The van der Waals surface area contributed by atoms with E-state index in [4.69, 9.17) is 5.11 Å². The lowest BCUT2D eigenvalue weighted by molar-refractivity contribution is -0.136. The van der Waals surface area contributed by atoms with Crippen molar-refractivity contribution in [3.8, 4) is 0 Å². The zero-order chi connectivity index (χ0) is 11.4. The van der Waals surface area contributed by atoms with Crippen molar-refractivity contribution in [3.05, 3.63) is 25.6 Å². The summed E-state index contributed by atoms with van der Waals surface area (Å²) >= 11 is 10.1. The Hall–Kier alpha value is -0.0700. The van der Waals surface area contributed by atoms with E-state index in [1.54, 1.807) is 0 Å². The molecule has 0 saturated heterocycles. The van der Waals surface area contributed by atoms with Crippen LogP contribution >= 0.6 is 47.8 Å². The van der Waals surface area contributed by atoms with Crippen LogP contribution in [0.25, 0.3) is 0 Å². The smallest absolute Gasteiger partial charge is 0.305 e. The number of carboxylic acids is 1. The van der Waals surface area contributed by atoms with Crippen molar-refractivity contribution in [2.45, 2.75) is 6.42 Å². The van der Waals surface area contributed by atoms with Gasteiger partial charge in [0, 0.05) is 20.0 Å². The van der Waals surface area contributed by atoms with Crippen LogP contribution < -0.4 is 5.32 Å². The lowest BCUT2D eigenvalue weighted by Crippen LogP contribution is -2.08. The number of benzene rings is 1. The summed E-state index contributed by atoms with van der Waals surface area (Å²) in [5.41, 5.74) is 0.861. The van der Waals surface area contributed by atoms with Crippen LogP contribution in [-0.4, -0.2) is 17.6 Å². The Labute approximate surface area is 113 Å². The third kappa shape index (κ3) is 4.12. The van der Waals surface area contributed by atoms with Crippen LogP contribution in [0.4, 0.5) is 5.69 Å². The van der Waals surface area contributed by atoms with Gasteiger partial charge in [-0.1, -0.05) is 15.9 Å². The fraction of sp³-hybridized carbons (Fsp3) is 0.222. The quantitative estimate of drug-likeness (QED) is 0.805. The molecule has 6 heteroatoms. The van der Waals surface area contributed by atoms with E-state index < -0.39 is 5.97 Å². The third-order valence-electron chi connectivity index (χ3n) is 1.65. The number of carboxylic acid groups (broad SMARTS) is 1. The molecule has 0 bridgehead atoms. The summed E-state index contributed by atoms with van der Waals surface area (Å²) < 4.78 is 2.72. The topological polar surface area (TPSA) is 49.3 Å². The number of hydrogen-bond acceptors (Lipinski definition) is 2. The molecule has 0 aromatic heterocycles. The SMILES string of the molecule is O=C(O)CCNc1c(Br)cc(Br)cc1Br. The fourth-order valence-electron chi connectivity index (χ4n) is 1.01. The molecule has 0 spiro atoms. The molecule has 0 atom stereocenters. The summed E-state index contributed by atoms with van der Waals surface area (Å²) in [5, 5.41) is 11.5. The lowest BCUT2D eigenvalue weighted by Gasteiger charge is -2.10.